The molecule has 3 rings (SSSR count). The molecule has 2 aromatic rings. The highest BCUT2D eigenvalue weighted by molar-refractivity contribution is 7.48. The van der Waals surface area contributed by atoms with Gasteiger partial charge in [0.15, 0.2) is 6.23 Å². The van der Waals surface area contributed by atoms with Gasteiger partial charge in [0, 0.05) is 45.3 Å². The Labute approximate surface area is 187 Å². The summed E-state index contributed by atoms with van der Waals surface area (Å²) in [5.74, 6) is -0.924. The normalized spacial score (nSPS) is 23.0. The van der Waals surface area contributed by atoms with Crippen molar-refractivity contribution in [2.24, 2.45) is 0 Å². The third-order valence-electron chi connectivity index (χ3n) is 4.92. The van der Waals surface area contributed by atoms with Crippen LogP contribution >= 0.6 is 7.82 Å². The first-order chi connectivity index (χ1) is 15.7. The van der Waals surface area contributed by atoms with Gasteiger partial charge < -0.3 is 31.0 Å². The lowest BCUT2D eigenvalue weighted by Crippen LogP contribution is -2.37. The van der Waals surface area contributed by atoms with Gasteiger partial charge in [0.05, 0.1) is 18.5 Å². The number of carbonyl (C=O) groups is 1. The van der Waals surface area contributed by atoms with Crippen molar-refractivity contribution in [3.8, 4) is 0 Å². The predicted molar refractivity (Wildman–Crippen MR) is 111 cm³/mol. The van der Waals surface area contributed by atoms with E-state index in [2.05, 4.69) is 29.3 Å². The van der Waals surface area contributed by atoms with E-state index >= 15 is 0 Å². The Morgan fingerprint density at radius 2 is 2.09 bits per heavy atom. The summed E-state index contributed by atoms with van der Waals surface area (Å²) < 4.78 is 32.7. The number of phosphoric ester groups is 1. The molecule has 4 unspecified atom stereocenters. The van der Waals surface area contributed by atoms with Crippen LogP contribution in [0.15, 0.2) is 23.5 Å². The van der Waals surface area contributed by atoms with Crippen LogP contribution in [0.2, 0.25) is 0 Å². The number of nitrogen functional groups attached to an aromatic ring is 1. The second kappa shape index (κ2) is 10.5. The van der Waals surface area contributed by atoms with Crippen LogP contribution in [0.1, 0.15) is 22.3 Å². The van der Waals surface area contributed by atoms with Gasteiger partial charge in [-0.3, -0.25) is 22.9 Å². The fourth-order valence-corrected chi connectivity index (χ4v) is 3.80. The number of phosphoric acid groups is 1. The largest absolute Gasteiger partial charge is 0.474 e. The molecule has 1 aliphatic heterocycles. The molecule has 15 nitrogen and oxygen atoms in total. The molecule has 0 bridgehead atoms. The van der Waals surface area contributed by atoms with Crippen molar-refractivity contribution in [3.05, 3.63) is 40.5 Å². The molecule has 6 N–H and O–H groups in total. The lowest BCUT2D eigenvalue weighted by molar-refractivity contribution is -0.0552. The summed E-state index contributed by atoms with van der Waals surface area (Å²) in [5, 5.41) is 23.3. The molecule has 33 heavy (non-hydrogen) atoms. The molecule has 2 aromatic heterocycles. The first-order valence-corrected chi connectivity index (χ1v) is 11.2. The van der Waals surface area contributed by atoms with Crippen molar-refractivity contribution in [1.82, 2.24) is 24.8 Å². The van der Waals surface area contributed by atoms with Gasteiger partial charge >= 0.3 is 13.5 Å². The Balaban J connectivity index is 1.73. The molecular formula is C17H25N6O9P. The van der Waals surface area contributed by atoms with Crippen molar-refractivity contribution in [3.63, 3.8) is 0 Å². The predicted octanol–water partition coefficient (Wildman–Crippen LogP) is -1.44. The number of amides is 1. The number of aliphatic hydroxyl groups is 2. The molecule has 0 aromatic carbocycles. The number of nitrogens with two attached hydrogens (primary N) is 1. The van der Waals surface area contributed by atoms with Crippen molar-refractivity contribution < 1.29 is 37.9 Å². The molecule has 1 fully saturated rings. The molecule has 0 spiro atoms. The van der Waals surface area contributed by atoms with Gasteiger partial charge in [-0.15, -0.1) is 0 Å². The number of ether oxygens (including phenoxy) is 1. The summed E-state index contributed by atoms with van der Waals surface area (Å²) in [6.07, 6.45) is -1.05. The van der Waals surface area contributed by atoms with E-state index in [9.17, 15) is 24.4 Å². The van der Waals surface area contributed by atoms with E-state index in [1.165, 1.54) is 6.33 Å². The zero-order valence-corrected chi connectivity index (χ0v) is 18.7. The van der Waals surface area contributed by atoms with Crippen molar-refractivity contribution in [2.75, 3.05) is 33.1 Å². The third-order valence-corrected chi connectivity index (χ3v) is 6.28. The molecule has 1 aliphatic rings. The Hall–Kier alpha value is -2.65. The summed E-state index contributed by atoms with van der Waals surface area (Å²) in [7, 11) is -1.65. The zero-order chi connectivity index (χ0) is 24.2. The minimum atomic E-state index is -3.87. The maximum atomic E-state index is 12.6. The summed E-state index contributed by atoms with van der Waals surface area (Å²) in [4.78, 5) is 35.3. The number of nitrogens with one attached hydrogen (secondary N) is 2. The summed E-state index contributed by atoms with van der Waals surface area (Å²) in [6.45, 7) is -0.231. The topological polar surface area (TPSA) is 213 Å². The van der Waals surface area contributed by atoms with Crippen LogP contribution in [0, 0.1) is 0 Å². The van der Waals surface area contributed by atoms with Gasteiger partial charge in [-0.2, -0.15) is 4.98 Å². The molecule has 3 heterocycles. The smallest absolute Gasteiger partial charge is 0.387 e. The molecule has 1 saturated heterocycles. The average molecular weight is 488 g/mol. The van der Waals surface area contributed by atoms with E-state index in [-0.39, 0.29) is 17.9 Å². The lowest BCUT2D eigenvalue weighted by Gasteiger charge is -2.19. The number of rotatable bonds is 10. The van der Waals surface area contributed by atoms with Crippen molar-refractivity contribution >= 4 is 19.5 Å². The first-order valence-electron chi connectivity index (χ1n) is 9.71. The fourth-order valence-electron chi connectivity index (χ4n) is 3.11. The highest BCUT2D eigenvalue weighted by Gasteiger charge is 2.45. The molecule has 0 radical (unpaired) electrons. The summed E-state index contributed by atoms with van der Waals surface area (Å²) >= 11 is 0. The Morgan fingerprint density at radius 3 is 2.73 bits per heavy atom. The Kier molecular flexibility index (Phi) is 7.97. The minimum absolute atomic E-state index is 0.132. The lowest BCUT2D eigenvalue weighted by atomic mass is 10.1. The van der Waals surface area contributed by atoms with E-state index in [0.29, 0.717) is 6.42 Å². The van der Waals surface area contributed by atoms with E-state index in [1.54, 1.807) is 6.20 Å². The standard InChI is InChI=1S/C17H25N6O9P/c1-29-33(28,30-2)31-7-11-12(24)13(25)16(32-11)23-6-10(14(18)22-17(23)27)15(26)20-4-3-9-5-19-8-21-9/h5-6,8,11-13,16,24-25H,3-4,7H2,1-2H3,(H,19,21)(H,20,26)(H2,18,22,27). The van der Waals surface area contributed by atoms with Gasteiger partial charge in [0.1, 0.15) is 24.1 Å². The number of imidazole rings is 1. The van der Waals surface area contributed by atoms with Gasteiger partial charge in [0.25, 0.3) is 5.91 Å². The van der Waals surface area contributed by atoms with Gasteiger partial charge in [-0.25, -0.2) is 14.3 Å². The molecule has 16 heteroatoms. The van der Waals surface area contributed by atoms with Crippen LogP contribution in [0.4, 0.5) is 5.82 Å². The van der Waals surface area contributed by atoms with Crippen LogP contribution < -0.4 is 16.7 Å². The highest BCUT2D eigenvalue weighted by atomic mass is 31.2. The first kappa shape index (κ1) is 25.0. The van der Waals surface area contributed by atoms with E-state index in [0.717, 1.165) is 30.7 Å². The summed E-state index contributed by atoms with van der Waals surface area (Å²) in [5.41, 5.74) is 5.50. The number of aliphatic hydroxyl groups excluding tert-OH is 2. The molecule has 4 atom stereocenters. The summed E-state index contributed by atoms with van der Waals surface area (Å²) in [6, 6.07) is 0. The molecule has 0 aliphatic carbocycles. The number of aromatic amines is 1. The number of carbonyl (C=O) groups excluding carboxylic acids is 1. The monoisotopic (exact) mass is 488 g/mol. The van der Waals surface area contributed by atoms with Crippen LogP contribution in [0.3, 0.4) is 0 Å². The van der Waals surface area contributed by atoms with Crippen LogP contribution in [-0.4, -0.2) is 81.3 Å². The Morgan fingerprint density at radius 1 is 1.36 bits per heavy atom. The third kappa shape index (κ3) is 5.65. The number of H-pyrrole nitrogens is 1. The maximum absolute atomic E-state index is 12.6. The van der Waals surface area contributed by atoms with Crippen molar-refractivity contribution in [1.29, 1.82) is 0 Å². The van der Waals surface area contributed by atoms with E-state index in [1.807, 2.05) is 0 Å². The second-order valence-corrected chi connectivity index (χ2v) is 8.85. The number of hydrogen-bond acceptors (Lipinski definition) is 12. The number of anilines is 1. The fraction of sp³-hybridized carbons (Fsp3) is 0.529. The minimum Gasteiger partial charge on any atom is -0.387 e. The molecule has 0 saturated carbocycles. The zero-order valence-electron chi connectivity index (χ0n) is 17.8. The van der Waals surface area contributed by atoms with Crippen LogP contribution in [0.25, 0.3) is 0 Å². The van der Waals surface area contributed by atoms with Crippen LogP contribution in [-0.2, 0) is 29.3 Å². The number of aromatic nitrogens is 4. The van der Waals surface area contributed by atoms with E-state index in [4.69, 9.17) is 15.0 Å². The molecule has 182 valence electrons. The average Bonchev–Trinajstić information content (AvgIpc) is 3.41. The maximum Gasteiger partial charge on any atom is 0.474 e. The Bertz CT molecular complexity index is 1050. The highest BCUT2D eigenvalue weighted by Crippen LogP contribution is 2.48. The van der Waals surface area contributed by atoms with Crippen molar-refractivity contribution in [2.45, 2.75) is 31.0 Å². The molecular weight excluding hydrogens is 463 g/mol. The SMILES string of the molecule is COP(=O)(OC)OCC1OC(n2cc(C(=O)NCCc3cnc[nH]3)c(N)nc2=O)C(O)C1O. The second-order valence-electron chi connectivity index (χ2n) is 6.97. The quantitative estimate of drug-likeness (QED) is 0.243. The van der Waals surface area contributed by atoms with Crippen LogP contribution in [0.5, 0.6) is 0 Å². The number of nitrogens with zero attached hydrogens (tertiary/aromatic N) is 3. The van der Waals surface area contributed by atoms with E-state index < -0.39 is 50.6 Å². The number of hydrogen-bond donors (Lipinski definition) is 5. The van der Waals surface area contributed by atoms with Gasteiger partial charge in [0.2, 0.25) is 0 Å². The van der Waals surface area contributed by atoms with Gasteiger partial charge in [-0.1, -0.05) is 0 Å². The molecule has 1 amide bonds. The van der Waals surface area contributed by atoms with Gasteiger partial charge in [-0.05, 0) is 0 Å².